The van der Waals surface area contributed by atoms with Crippen LogP contribution in [0, 0.1) is 5.92 Å². The second kappa shape index (κ2) is 17.9. The first-order chi connectivity index (χ1) is 14.8. The molecule has 9 heteroatoms. The molecule has 0 saturated heterocycles. The van der Waals surface area contributed by atoms with E-state index in [-0.39, 0.29) is 62.9 Å². The van der Waals surface area contributed by atoms with Gasteiger partial charge in [0.05, 0.1) is 19.8 Å². The Morgan fingerprint density at radius 2 is 0.774 bits per heavy atom. The van der Waals surface area contributed by atoms with Crippen LogP contribution in [0.3, 0.4) is 0 Å². The number of rotatable bonds is 18. The van der Waals surface area contributed by atoms with Crippen molar-refractivity contribution in [2.45, 2.75) is 98.9 Å². The predicted octanol–water partition coefficient (Wildman–Crippen LogP) is 3.72. The van der Waals surface area contributed by atoms with E-state index in [0.29, 0.717) is 19.3 Å². The molecule has 0 aliphatic carbocycles. The van der Waals surface area contributed by atoms with Crippen molar-refractivity contribution in [1.29, 1.82) is 0 Å². The van der Waals surface area contributed by atoms with Crippen molar-refractivity contribution in [1.82, 2.24) is 0 Å². The molecular formula is C22H40O9. The second-order valence-corrected chi connectivity index (χ2v) is 6.91. The SMILES string of the molecule is CCC(=O)OC(CC)OCC(COC(CC)OC(=O)CC)COC(CC)OC(=O)CC. The third-order valence-electron chi connectivity index (χ3n) is 4.21. The molecule has 182 valence electrons. The van der Waals surface area contributed by atoms with Gasteiger partial charge >= 0.3 is 17.9 Å². The molecule has 0 N–H and O–H groups in total. The van der Waals surface area contributed by atoms with Gasteiger partial charge in [-0.05, 0) is 0 Å². The van der Waals surface area contributed by atoms with Crippen molar-refractivity contribution in [2.75, 3.05) is 19.8 Å². The summed E-state index contributed by atoms with van der Waals surface area (Å²) in [5.74, 6) is -1.29. The van der Waals surface area contributed by atoms with Crippen molar-refractivity contribution in [3.63, 3.8) is 0 Å². The van der Waals surface area contributed by atoms with Gasteiger partial charge in [-0.15, -0.1) is 0 Å². The molecular weight excluding hydrogens is 408 g/mol. The predicted molar refractivity (Wildman–Crippen MR) is 113 cm³/mol. The number of hydrogen-bond donors (Lipinski definition) is 0. The lowest BCUT2D eigenvalue weighted by molar-refractivity contribution is -0.202. The van der Waals surface area contributed by atoms with Crippen LogP contribution in [0.1, 0.15) is 80.1 Å². The van der Waals surface area contributed by atoms with Crippen molar-refractivity contribution < 1.29 is 42.8 Å². The first kappa shape index (κ1) is 29.3. The molecule has 3 unspecified atom stereocenters. The first-order valence-electron chi connectivity index (χ1n) is 11.3. The lowest BCUT2D eigenvalue weighted by Gasteiger charge is -2.25. The third-order valence-corrected chi connectivity index (χ3v) is 4.21. The average molecular weight is 449 g/mol. The molecule has 0 aromatic heterocycles. The van der Waals surface area contributed by atoms with E-state index < -0.39 is 18.9 Å². The van der Waals surface area contributed by atoms with Gasteiger partial charge in [-0.2, -0.15) is 0 Å². The minimum Gasteiger partial charge on any atom is -0.436 e. The summed E-state index contributed by atoms with van der Waals surface area (Å²) in [6, 6.07) is 0. The molecule has 0 aromatic carbocycles. The average Bonchev–Trinajstić information content (AvgIpc) is 2.79. The van der Waals surface area contributed by atoms with Gasteiger partial charge in [0.2, 0.25) is 18.9 Å². The van der Waals surface area contributed by atoms with Gasteiger partial charge in [0.25, 0.3) is 0 Å². The van der Waals surface area contributed by atoms with Crippen LogP contribution < -0.4 is 0 Å². The molecule has 0 saturated carbocycles. The maximum absolute atomic E-state index is 11.5. The fourth-order valence-electron chi connectivity index (χ4n) is 2.27. The summed E-state index contributed by atoms with van der Waals surface area (Å²) < 4.78 is 33.0. The lowest BCUT2D eigenvalue weighted by Crippen LogP contribution is -2.32. The van der Waals surface area contributed by atoms with Gasteiger partial charge in [-0.1, -0.05) is 41.5 Å². The second-order valence-electron chi connectivity index (χ2n) is 6.91. The molecule has 0 radical (unpaired) electrons. The number of ether oxygens (including phenoxy) is 6. The molecule has 0 fully saturated rings. The first-order valence-corrected chi connectivity index (χ1v) is 11.3. The van der Waals surface area contributed by atoms with E-state index in [1.165, 1.54) is 0 Å². The highest BCUT2D eigenvalue weighted by Gasteiger charge is 2.21. The molecule has 0 spiro atoms. The molecule has 9 nitrogen and oxygen atoms in total. The van der Waals surface area contributed by atoms with Crippen molar-refractivity contribution in [2.24, 2.45) is 5.92 Å². The van der Waals surface area contributed by atoms with Crippen LogP contribution in [0.25, 0.3) is 0 Å². The summed E-state index contributed by atoms with van der Waals surface area (Å²) in [5, 5.41) is 0. The summed E-state index contributed by atoms with van der Waals surface area (Å²) in [5.41, 5.74) is 0. The zero-order chi connectivity index (χ0) is 23.6. The van der Waals surface area contributed by atoms with E-state index in [1.54, 1.807) is 20.8 Å². The van der Waals surface area contributed by atoms with Gasteiger partial charge in [-0.25, -0.2) is 0 Å². The minimum absolute atomic E-state index is 0.186. The smallest absolute Gasteiger partial charge is 0.307 e. The van der Waals surface area contributed by atoms with Crippen molar-refractivity contribution in [3.05, 3.63) is 0 Å². The third kappa shape index (κ3) is 14.1. The monoisotopic (exact) mass is 448 g/mol. The normalized spacial score (nSPS) is 14.9. The Morgan fingerprint density at radius 1 is 0.516 bits per heavy atom. The Labute approximate surface area is 186 Å². The zero-order valence-corrected chi connectivity index (χ0v) is 19.8. The molecule has 0 aliphatic rings. The summed E-state index contributed by atoms with van der Waals surface area (Å²) in [7, 11) is 0. The van der Waals surface area contributed by atoms with Gasteiger partial charge in [0.15, 0.2) is 0 Å². The Kier molecular flexibility index (Phi) is 16.9. The Morgan fingerprint density at radius 3 is 0.968 bits per heavy atom. The van der Waals surface area contributed by atoms with Crippen LogP contribution in [0.15, 0.2) is 0 Å². The molecule has 0 aliphatic heterocycles. The Bertz CT molecular complexity index is 438. The highest BCUT2D eigenvalue weighted by molar-refractivity contribution is 5.69. The number of carbonyl (C=O) groups excluding carboxylic acids is 3. The molecule has 0 bridgehead atoms. The highest BCUT2D eigenvalue weighted by atomic mass is 16.7. The van der Waals surface area contributed by atoms with E-state index in [0.717, 1.165) is 0 Å². The van der Waals surface area contributed by atoms with E-state index in [2.05, 4.69) is 0 Å². The van der Waals surface area contributed by atoms with Crippen LogP contribution in [0.5, 0.6) is 0 Å². The highest BCUT2D eigenvalue weighted by Crippen LogP contribution is 2.13. The Hall–Kier alpha value is -1.71. The summed E-state index contributed by atoms with van der Waals surface area (Å²) in [6.07, 6.45) is 0.262. The lowest BCUT2D eigenvalue weighted by atomic mass is 10.2. The molecule has 0 amide bonds. The molecule has 0 aromatic rings. The molecule has 3 atom stereocenters. The van der Waals surface area contributed by atoms with Gasteiger partial charge in [0.1, 0.15) is 0 Å². The van der Waals surface area contributed by atoms with Crippen LogP contribution in [0.2, 0.25) is 0 Å². The van der Waals surface area contributed by atoms with Gasteiger partial charge in [-0.3, -0.25) is 14.4 Å². The van der Waals surface area contributed by atoms with Crippen molar-refractivity contribution in [3.8, 4) is 0 Å². The van der Waals surface area contributed by atoms with E-state index >= 15 is 0 Å². The van der Waals surface area contributed by atoms with Crippen LogP contribution in [0.4, 0.5) is 0 Å². The maximum Gasteiger partial charge on any atom is 0.307 e. The summed E-state index contributed by atoms with van der Waals surface area (Å²) in [4.78, 5) is 34.6. The fourth-order valence-corrected chi connectivity index (χ4v) is 2.27. The van der Waals surface area contributed by atoms with Crippen LogP contribution in [-0.4, -0.2) is 56.6 Å². The standard InChI is InChI=1S/C22H40O9/c1-7-17(23)29-20(10-4)26-13-16(14-27-21(11-5)30-18(24)8-2)15-28-22(12-6)31-19(25)9-3/h16,20-22H,7-15H2,1-6H3. The van der Waals surface area contributed by atoms with E-state index in [9.17, 15) is 14.4 Å². The fraction of sp³-hybridized carbons (Fsp3) is 0.864. The maximum atomic E-state index is 11.5. The largest absolute Gasteiger partial charge is 0.436 e. The van der Waals surface area contributed by atoms with Gasteiger partial charge < -0.3 is 28.4 Å². The quantitative estimate of drug-likeness (QED) is 0.176. The number of carbonyl (C=O) groups is 3. The molecule has 0 heterocycles. The number of esters is 3. The minimum atomic E-state index is -0.672. The molecule has 31 heavy (non-hydrogen) atoms. The van der Waals surface area contributed by atoms with Gasteiger partial charge in [0, 0.05) is 44.4 Å². The summed E-state index contributed by atoms with van der Waals surface area (Å²) >= 11 is 0. The summed E-state index contributed by atoms with van der Waals surface area (Å²) in [6.45, 7) is 11.3. The van der Waals surface area contributed by atoms with Crippen LogP contribution >= 0.6 is 0 Å². The van der Waals surface area contributed by atoms with Crippen LogP contribution in [-0.2, 0) is 42.8 Å². The van der Waals surface area contributed by atoms with E-state index in [1.807, 2.05) is 20.8 Å². The number of hydrogen-bond acceptors (Lipinski definition) is 9. The zero-order valence-electron chi connectivity index (χ0n) is 19.8. The van der Waals surface area contributed by atoms with E-state index in [4.69, 9.17) is 28.4 Å². The topological polar surface area (TPSA) is 107 Å². The molecule has 0 rings (SSSR count). The Balaban J connectivity index is 4.94. The van der Waals surface area contributed by atoms with Crippen molar-refractivity contribution >= 4 is 17.9 Å².